The molecule has 1 atom stereocenters. The predicted molar refractivity (Wildman–Crippen MR) is 101 cm³/mol. The Balaban J connectivity index is 1.85. The molecule has 0 radical (unpaired) electrons. The predicted octanol–water partition coefficient (Wildman–Crippen LogP) is 4.24. The highest BCUT2D eigenvalue weighted by Gasteiger charge is 2.20. The average Bonchev–Trinajstić information content (AvgIpc) is 3.07. The van der Waals surface area contributed by atoms with Crippen molar-refractivity contribution in [1.82, 2.24) is 20.5 Å². The Kier molecular flexibility index (Phi) is 4.68. The van der Waals surface area contributed by atoms with Gasteiger partial charge in [0.25, 0.3) is 0 Å². The highest BCUT2D eigenvalue weighted by atomic mass is 15.1. The molecule has 0 aliphatic heterocycles. The Morgan fingerprint density at radius 2 is 2.12 bits per heavy atom. The molecule has 0 fully saturated rings. The first-order valence-corrected chi connectivity index (χ1v) is 9.05. The van der Waals surface area contributed by atoms with Gasteiger partial charge in [0.15, 0.2) is 0 Å². The molecule has 0 saturated heterocycles. The molecule has 4 heteroatoms. The Hall–Kier alpha value is -1.81. The molecule has 1 unspecified atom stereocenters. The SMILES string of the molecule is CCNC1C=Cc2cc(-c3n[nH]c(C)c3CCC(C)(C)C)[nH]c2C1. The summed E-state index contributed by atoms with van der Waals surface area (Å²) < 4.78 is 0. The van der Waals surface area contributed by atoms with Gasteiger partial charge < -0.3 is 10.3 Å². The van der Waals surface area contributed by atoms with E-state index in [1.165, 1.54) is 22.5 Å². The molecule has 0 saturated carbocycles. The summed E-state index contributed by atoms with van der Waals surface area (Å²) in [6, 6.07) is 2.67. The van der Waals surface area contributed by atoms with Crippen molar-refractivity contribution in [2.45, 2.75) is 59.9 Å². The number of hydrogen-bond donors (Lipinski definition) is 3. The quantitative estimate of drug-likeness (QED) is 0.770. The number of nitrogens with zero attached hydrogens (tertiary/aromatic N) is 1. The van der Waals surface area contributed by atoms with E-state index in [-0.39, 0.29) is 0 Å². The first-order valence-electron chi connectivity index (χ1n) is 9.05. The van der Waals surface area contributed by atoms with Crippen LogP contribution in [0, 0.1) is 12.3 Å². The molecule has 0 spiro atoms. The smallest absolute Gasteiger partial charge is 0.112 e. The van der Waals surface area contributed by atoms with Crippen LogP contribution in [0.4, 0.5) is 0 Å². The van der Waals surface area contributed by atoms with Crippen LogP contribution in [-0.4, -0.2) is 27.8 Å². The first-order chi connectivity index (χ1) is 11.4. The van der Waals surface area contributed by atoms with Crippen molar-refractivity contribution in [2.24, 2.45) is 5.41 Å². The van der Waals surface area contributed by atoms with Gasteiger partial charge in [-0.05, 0) is 43.4 Å². The van der Waals surface area contributed by atoms with Gasteiger partial charge in [-0.15, -0.1) is 0 Å². The maximum Gasteiger partial charge on any atom is 0.112 e. The third kappa shape index (κ3) is 3.64. The lowest BCUT2D eigenvalue weighted by molar-refractivity contribution is 0.378. The van der Waals surface area contributed by atoms with Crippen LogP contribution in [0.2, 0.25) is 0 Å². The molecule has 3 rings (SSSR count). The van der Waals surface area contributed by atoms with Crippen molar-refractivity contribution in [3.8, 4) is 11.4 Å². The third-order valence-electron chi connectivity index (χ3n) is 4.79. The fraction of sp³-hybridized carbons (Fsp3) is 0.550. The van der Waals surface area contributed by atoms with Crippen LogP contribution in [0.25, 0.3) is 17.5 Å². The summed E-state index contributed by atoms with van der Waals surface area (Å²) in [5, 5.41) is 11.3. The number of fused-ring (bicyclic) bond motifs is 1. The summed E-state index contributed by atoms with van der Waals surface area (Å²) in [5.41, 5.74) is 7.67. The maximum atomic E-state index is 4.59. The zero-order valence-corrected chi connectivity index (χ0v) is 15.6. The number of nitrogens with one attached hydrogen (secondary N) is 3. The summed E-state index contributed by atoms with van der Waals surface area (Å²) >= 11 is 0. The monoisotopic (exact) mass is 326 g/mol. The summed E-state index contributed by atoms with van der Waals surface area (Å²) in [7, 11) is 0. The summed E-state index contributed by atoms with van der Waals surface area (Å²) in [6.07, 6.45) is 7.71. The molecule has 3 N–H and O–H groups in total. The minimum Gasteiger partial charge on any atom is -0.357 e. The molecular formula is C20H30N4. The highest BCUT2D eigenvalue weighted by Crippen LogP contribution is 2.31. The fourth-order valence-electron chi connectivity index (χ4n) is 3.35. The molecule has 130 valence electrons. The molecule has 0 amide bonds. The lowest BCUT2D eigenvalue weighted by Gasteiger charge is -2.18. The van der Waals surface area contributed by atoms with E-state index in [1.54, 1.807) is 0 Å². The number of likely N-dealkylation sites (N-methyl/N-ethyl adjacent to an activating group) is 1. The van der Waals surface area contributed by atoms with Gasteiger partial charge in [-0.3, -0.25) is 5.10 Å². The largest absolute Gasteiger partial charge is 0.357 e. The second-order valence-electron chi connectivity index (χ2n) is 8.08. The van der Waals surface area contributed by atoms with Gasteiger partial charge in [0.1, 0.15) is 5.69 Å². The molecule has 1 aliphatic rings. The van der Waals surface area contributed by atoms with Gasteiger partial charge in [0.05, 0.1) is 5.69 Å². The zero-order valence-electron chi connectivity index (χ0n) is 15.6. The van der Waals surface area contributed by atoms with Gasteiger partial charge >= 0.3 is 0 Å². The number of hydrogen-bond acceptors (Lipinski definition) is 2. The van der Waals surface area contributed by atoms with E-state index < -0.39 is 0 Å². The van der Waals surface area contributed by atoms with E-state index >= 15 is 0 Å². The van der Waals surface area contributed by atoms with Crippen molar-refractivity contribution in [3.05, 3.63) is 34.7 Å². The third-order valence-corrected chi connectivity index (χ3v) is 4.79. The van der Waals surface area contributed by atoms with E-state index in [1.807, 2.05) is 0 Å². The molecule has 2 aromatic heterocycles. The molecular weight excluding hydrogens is 296 g/mol. The Morgan fingerprint density at radius 1 is 1.33 bits per heavy atom. The summed E-state index contributed by atoms with van der Waals surface area (Å²) in [5.74, 6) is 0. The normalized spacial score (nSPS) is 17.3. The van der Waals surface area contributed by atoms with Crippen LogP contribution < -0.4 is 5.32 Å². The van der Waals surface area contributed by atoms with Gasteiger partial charge in [0.2, 0.25) is 0 Å². The van der Waals surface area contributed by atoms with Gasteiger partial charge in [-0.25, -0.2) is 0 Å². The minimum atomic E-state index is 0.331. The van der Waals surface area contributed by atoms with E-state index in [2.05, 4.69) is 73.3 Å². The first kappa shape index (κ1) is 17.0. The van der Waals surface area contributed by atoms with Crippen molar-refractivity contribution in [2.75, 3.05) is 6.54 Å². The molecule has 24 heavy (non-hydrogen) atoms. The average molecular weight is 326 g/mol. The Morgan fingerprint density at radius 3 is 2.83 bits per heavy atom. The second kappa shape index (κ2) is 6.60. The van der Waals surface area contributed by atoms with E-state index in [0.717, 1.165) is 37.2 Å². The fourth-order valence-corrected chi connectivity index (χ4v) is 3.35. The number of H-pyrrole nitrogens is 2. The highest BCUT2D eigenvalue weighted by molar-refractivity contribution is 5.68. The second-order valence-corrected chi connectivity index (χ2v) is 8.08. The summed E-state index contributed by atoms with van der Waals surface area (Å²) in [6.45, 7) is 12.1. The molecule has 4 nitrogen and oxygen atoms in total. The molecule has 1 aliphatic carbocycles. The maximum absolute atomic E-state index is 4.59. The van der Waals surface area contributed by atoms with Crippen molar-refractivity contribution < 1.29 is 0 Å². The number of aromatic amines is 2. The zero-order chi connectivity index (χ0) is 17.3. The van der Waals surface area contributed by atoms with Crippen LogP contribution in [-0.2, 0) is 12.8 Å². The lowest BCUT2D eigenvalue weighted by Crippen LogP contribution is -2.30. The van der Waals surface area contributed by atoms with Crippen LogP contribution >= 0.6 is 0 Å². The number of rotatable bonds is 5. The van der Waals surface area contributed by atoms with Crippen molar-refractivity contribution in [1.29, 1.82) is 0 Å². The van der Waals surface area contributed by atoms with Gasteiger partial charge in [-0.2, -0.15) is 5.10 Å². The molecule has 0 aromatic carbocycles. The lowest BCUT2D eigenvalue weighted by atomic mass is 9.88. The van der Waals surface area contributed by atoms with Crippen LogP contribution in [0.5, 0.6) is 0 Å². The van der Waals surface area contributed by atoms with Gasteiger partial charge in [-0.1, -0.05) is 39.8 Å². The Bertz CT molecular complexity index is 727. The molecule has 2 aromatic rings. The molecule has 0 bridgehead atoms. The summed E-state index contributed by atoms with van der Waals surface area (Å²) in [4.78, 5) is 3.62. The topological polar surface area (TPSA) is 56.5 Å². The Labute approximate surface area is 145 Å². The standard InChI is InChI=1S/C20H30N4/c1-6-21-15-8-7-14-11-18(22-17(14)12-15)19-16(13(2)23-24-19)9-10-20(3,4)5/h7-8,11,15,21-22H,6,9-10,12H2,1-5H3,(H,23,24). The minimum absolute atomic E-state index is 0.331. The van der Waals surface area contributed by atoms with Crippen LogP contribution in [0.3, 0.4) is 0 Å². The van der Waals surface area contributed by atoms with E-state index in [0.29, 0.717) is 11.5 Å². The van der Waals surface area contributed by atoms with Crippen molar-refractivity contribution >= 4 is 6.08 Å². The number of aryl methyl sites for hydroxylation is 1. The molecule has 2 heterocycles. The van der Waals surface area contributed by atoms with Crippen molar-refractivity contribution in [3.63, 3.8) is 0 Å². The van der Waals surface area contributed by atoms with Crippen LogP contribution in [0.15, 0.2) is 12.1 Å². The van der Waals surface area contributed by atoms with E-state index in [4.69, 9.17) is 0 Å². The van der Waals surface area contributed by atoms with Crippen LogP contribution in [0.1, 0.15) is 56.6 Å². The van der Waals surface area contributed by atoms with E-state index in [9.17, 15) is 0 Å². The van der Waals surface area contributed by atoms with Gasteiger partial charge in [0, 0.05) is 29.4 Å². The number of aromatic nitrogens is 3.